The van der Waals surface area contributed by atoms with E-state index in [0.29, 0.717) is 0 Å². The zero-order chi connectivity index (χ0) is 17.1. The van der Waals surface area contributed by atoms with Gasteiger partial charge in [0, 0.05) is 12.4 Å². The number of ether oxygens (including phenoxy) is 2. The number of rotatable bonds is 0. The second-order valence-electron chi connectivity index (χ2n) is 7.05. The maximum absolute atomic E-state index is 12.0. The molecule has 1 heterocycles. The van der Waals surface area contributed by atoms with Crippen LogP contribution in [-0.4, -0.2) is 52.1 Å². The molecule has 7 nitrogen and oxygen atoms in total. The average Bonchev–Trinajstić information content (AvgIpc) is 2.46. The number of hydrogen-bond acceptors (Lipinski definition) is 5. The SMILES string of the molecule is CC(C)(C)OC(=O)N1C=CN(C(=O)OC(C)(C)C)CC(=O)C1. The zero-order valence-corrected chi connectivity index (χ0v) is 14.0. The highest BCUT2D eigenvalue weighted by atomic mass is 16.6. The molecule has 22 heavy (non-hydrogen) atoms. The summed E-state index contributed by atoms with van der Waals surface area (Å²) in [5.74, 6) is -0.290. The minimum atomic E-state index is -0.662. The van der Waals surface area contributed by atoms with Gasteiger partial charge in [-0.2, -0.15) is 0 Å². The van der Waals surface area contributed by atoms with Crippen molar-refractivity contribution >= 4 is 18.0 Å². The Kier molecular flexibility index (Phi) is 5.22. The monoisotopic (exact) mass is 312 g/mol. The van der Waals surface area contributed by atoms with Gasteiger partial charge < -0.3 is 9.47 Å². The largest absolute Gasteiger partial charge is 0.443 e. The topological polar surface area (TPSA) is 76.2 Å². The Hall–Kier alpha value is -2.05. The molecule has 0 saturated heterocycles. The predicted molar refractivity (Wildman–Crippen MR) is 80.0 cm³/mol. The van der Waals surface area contributed by atoms with Crippen molar-refractivity contribution in [1.29, 1.82) is 0 Å². The van der Waals surface area contributed by atoms with Crippen LogP contribution >= 0.6 is 0 Å². The van der Waals surface area contributed by atoms with Gasteiger partial charge in [-0.3, -0.25) is 14.6 Å². The minimum absolute atomic E-state index is 0.148. The molecular formula is C15H24N2O5. The van der Waals surface area contributed by atoms with Crippen LogP contribution in [0.2, 0.25) is 0 Å². The van der Waals surface area contributed by atoms with Crippen LogP contribution in [0.25, 0.3) is 0 Å². The van der Waals surface area contributed by atoms with E-state index in [2.05, 4.69) is 0 Å². The molecule has 0 saturated carbocycles. The first-order valence-electron chi connectivity index (χ1n) is 7.07. The molecule has 2 amide bonds. The van der Waals surface area contributed by atoms with E-state index in [-0.39, 0.29) is 18.9 Å². The number of carbonyl (C=O) groups excluding carboxylic acids is 3. The Bertz CT molecular complexity index is 443. The molecule has 0 N–H and O–H groups in total. The van der Waals surface area contributed by atoms with Gasteiger partial charge >= 0.3 is 12.2 Å². The summed E-state index contributed by atoms with van der Waals surface area (Å²) in [4.78, 5) is 38.1. The quantitative estimate of drug-likeness (QED) is 0.687. The summed E-state index contributed by atoms with van der Waals surface area (Å²) in [6, 6.07) is 0. The highest BCUT2D eigenvalue weighted by molar-refractivity contribution is 5.89. The Morgan fingerprint density at radius 1 is 0.864 bits per heavy atom. The van der Waals surface area contributed by atoms with Gasteiger partial charge in [-0.25, -0.2) is 9.59 Å². The molecule has 0 fully saturated rings. The van der Waals surface area contributed by atoms with Crippen molar-refractivity contribution in [3.8, 4) is 0 Å². The molecule has 0 aromatic rings. The van der Waals surface area contributed by atoms with Gasteiger partial charge in [0.2, 0.25) is 0 Å². The molecule has 1 rings (SSSR count). The summed E-state index contributed by atoms with van der Waals surface area (Å²) in [5, 5.41) is 0. The summed E-state index contributed by atoms with van der Waals surface area (Å²) in [6.07, 6.45) is 1.43. The highest BCUT2D eigenvalue weighted by Gasteiger charge is 2.28. The van der Waals surface area contributed by atoms with Crippen LogP contribution in [-0.2, 0) is 14.3 Å². The van der Waals surface area contributed by atoms with Crippen molar-refractivity contribution < 1.29 is 23.9 Å². The van der Waals surface area contributed by atoms with Crippen LogP contribution in [0, 0.1) is 0 Å². The molecule has 0 bridgehead atoms. The van der Waals surface area contributed by atoms with Crippen LogP contribution < -0.4 is 0 Å². The Morgan fingerprint density at radius 2 is 1.18 bits per heavy atom. The smallest absolute Gasteiger partial charge is 0.414 e. The normalized spacial score (nSPS) is 16.4. The van der Waals surface area contributed by atoms with Crippen LogP contribution in [0.4, 0.5) is 9.59 Å². The summed E-state index contributed by atoms with van der Waals surface area (Å²) < 4.78 is 10.4. The Labute approximate surface area is 130 Å². The lowest BCUT2D eigenvalue weighted by Gasteiger charge is -2.24. The molecular weight excluding hydrogens is 288 g/mol. The van der Waals surface area contributed by atoms with E-state index in [0.717, 1.165) is 9.80 Å². The van der Waals surface area contributed by atoms with E-state index in [1.165, 1.54) is 12.4 Å². The fourth-order valence-electron chi connectivity index (χ4n) is 1.59. The van der Waals surface area contributed by atoms with Crippen molar-refractivity contribution in [3.63, 3.8) is 0 Å². The molecule has 0 radical (unpaired) electrons. The molecule has 1 aliphatic heterocycles. The first kappa shape index (κ1) is 18.0. The van der Waals surface area contributed by atoms with Crippen LogP contribution in [0.15, 0.2) is 12.4 Å². The third kappa shape index (κ3) is 6.15. The molecule has 1 aliphatic rings. The molecule has 0 unspecified atom stereocenters. The lowest BCUT2D eigenvalue weighted by Crippen LogP contribution is -2.38. The molecule has 0 spiro atoms. The Morgan fingerprint density at radius 3 is 1.45 bits per heavy atom. The second kappa shape index (κ2) is 6.37. The molecule has 124 valence electrons. The number of hydrogen-bond donors (Lipinski definition) is 0. The van der Waals surface area contributed by atoms with Crippen molar-refractivity contribution in [3.05, 3.63) is 12.4 Å². The first-order chi connectivity index (χ1) is 9.87. The van der Waals surface area contributed by atoms with E-state index < -0.39 is 23.4 Å². The van der Waals surface area contributed by atoms with Crippen molar-refractivity contribution in [2.24, 2.45) is 0 Å². The van der Waals surface area contributed by atoms with Crippen LogP contribution in [0.3, 0.4) is 0 Å². The molecule has 0 aromatic heterocycles. The average molecular weight is 312 g/mol. The number of carbonyl (C=O) groups is 3. The van der Waals surface area contributed by atoms with Crippen molar-refractivity contribution in [2.45, 2.75) is 52.7 Å². The standard InChI is InChI=1S/C15H24N2O5/c1-14(2,3)21-12(19)16-7-8-17(10-11(18)9-16)13(20)22-15(4,5)6/h7-8H,9-10H2,1-6H3. The summed E-state index contributed by atoms with van der Waals surface area (Å²) >= 11 is 0. The van der Waals surface area contributed by atoms with Crippen LogP contribution in [0.5, 0.6) is 0 Å². The van der Waals surface area contributed by atoms with E-state index >= 15 is 0 Å². The first-order valence-corrected chi connectivity index (χ1v) is 7.07. The lowest BCUT2D eigenvalue weighted by atomic mass is 10.2. The fraction of sp³-hybridized carbons (Fsp3) is 0.667. The van der Waals surface area contributed by atoms with Gasteiger partial charge in [0.1, 0.15) is 11.2 Å². The highest BCUT2D eigenvalue weighted by Crippen LogP contribution is 2.14. The number of nitrogens with zero attached hydrogens (tertiary/aromatic N) is 2. The van der Waals surface area contributed by atoms with Gasteiger partial charge in [-0.1, -0.05) is 0 Å². The maximum Gasteiger partial charge on any atom is 0.414 e. The predicted octanol–water partition coefficient (Wildman–Crippen LogP) is 2.51. The molecule has 0 aromatic carbocycles. The van der Waals surface area contributed by atoms with Gasteiger partial charge in [-0.05, 0) is 41.5 Å². The van der Waals surface area contributed by atoms with Crippen molar-refractivity contribution in [1.82, 2.24) is 9.80 Å². The van der Waals surface area contributed by atoms with Gasteiger partial charge in [0.25, 0.3) is 0 Å². The number of Topliss-reactive ketones (excluding diaryl/α,β-unsaturated/α-hetero) is 1. The molecule has 7 heteroatoms. The maximum atomic E-state index is 12.0. The third-order valence-electron chi connectivity index (χ3n) is 2.38. The Balaban J connectivity index is 2.80. The van der Waals surface area contributed by atoms with Gasteiger partial charge in [0.15, 0.2) is 5.78 Å². The lowest BCUT2D eigenvalue weighted by molar-refractivity contribution is -0.120. The number of amides is 2. The van der Waals surface area contributed by atoms with Gasteiger partial charge in [-0.15, -0.1) is 0 Å². The minimum Gasteiger partial charge on any atom is -0.443 e. The fourth-order valence-corrected chi connectivity index (χ4v) is 1.59. The third-order valence-corrected chi connectivity index (χ3v) is 2.38. The summed E-state index contributed by atoms with van der Waals surface area (Å²) in [5.41, 5.74) is -1.32. The molecule has 0 atom stereocenters. The second-order valence-corrected chi connectivity index (χ2v) is 7.05. The summed E-state index contributed by atoms with van der Waals surface area (Å²) in [7, 11) is 0. The van der Waals surface area contributed by atoms with Crippen molar-refractivity contribution in [2.75, 3.05) is 13.1 Å². The van der Waals surface area contributed by atoms with E-state index in [1.807, 2.05) is 0 Å². The molecule has 0 aliphatic carbocycles. The number of ketones is 1. The zero-order valence-electron chi connectivity index (χ0n) is 14.0. The summed E-state index contributed by atoms with van der Waals surface area (Å²) in [6.45, 7) is 10.1. The van der Waals surface area contributed by atoms with E-state index in [9.17, 15) is 14.4 Å². The van der Waals surface area contributed by atoms with Crippen LogP contribution in [0.1, 0.15) is 41.5 Å². The van der Waals surface area contributed by atoms with E-state index in [4.69, 9.17) is 9.47 Å². The van der Waals surface area contributed by atoms with Gasteiger partial charge in [0.05, 0.1) is 13.1 Å². The van der Waals surface area contributed by atoms with E-state index in [1.54, 1.807) is 41.5 Å².